The molecule has 138 valence electrons. The summed E-state index contributed by atoms with van der Waals surface area (Å²) in [5.41, 5.74) is 0.315. The van der Waals surface area contributed by atoms with Crippen LogP contribution in [0.1, 0.15) is 35.0 Å². The molecule has 0 saturated carbocycles. The smallest absolute Gasteiger partial charge is 0.348 e. The van der Waals surface area contributed by atoms with Crippen LogP contribution >= 0.6 is 11.3 Å². The third-order valence-corrected chi connectivity index (χ3v) is 5.36. The van der Waals surface area contributed by atoms with Gasteiger partial charge in [-0.15, -0.1) is 11.3 Å². The highest BCUT2D eigenvalue weighted by atomic mass is 32.1. The molecule has 2 aromatic rings. The van der Waals surface area contributed by atoms with Crippen molar-refractivity contribution in [2.45, 2.75) is 26.4 Å². The van der Waals surface area contributed by atoms with Crippen LogP contribution in [0.4, 0.5) is 4.39 Å². The summed E-state index contributed by atoms with van der Waals surface area (Å²) in [5, 5.41) is 2.89. The largest absolute Gasteiger partial charge is 0.462 e. The van der Waals surface area contributed by atoms with E-state index in [0.29, 0.717) is 16.7 Å². The first kappa shape index (κ1) is 18.3. The number of hydrogen-bond donors (Lipinski definition) is 1. The number of nitrogens with one attached hydrogen (secondary N) is 1. The minimum absolute atomic E-state index is 0.0930. The van der Waals surface area contributed by atoms with Crippen molar-refractivity contribution in [3.05, 3.63) is 34.5 Å². The molecule has 1 aromatic heterocycles. The second-order valence-corrected chi connectivity index (χ2v) is 6.94. The van der Waals surface area contributed by atoms with E-state index >= 15 is 0 Å². The summed E-state index contributed by atoms with van der Waals surface area (Å²) in [6, 6.07) is 4.56. The molecule has 6 nitrogen and oxygen atoms in total. The maximum atomic E-state index is 14.3. The molecule has 0 radical (unpaired) electrons. The van der Waals surface area contributed by atoms with Crippen molar-refractivity contribution in [3.8, 4) is 0 Å². The molecule has 0 bridgehead atoms. The summed E-state index contributed by atoms with van der Waals surface area (Å²) in [5.74, 6) is -2.05. The van der Waals surface area contributed by atoms with E-state index < -0.39 is 23.7 Å². The number of fused-ring (bicyclic) bond motifs is 1. The van der Waals surface area contributed by atoms with Crippen LogP contribution in [-0.4, -0.2) is 31.0 Å². The highest BCUT2D eigenvalue weighted by Gasteiger charge is 2.27. The first-order chi connectivity index (χ1) is 12.5. The zero-order valence-corrected chi connectivity index (χ0v) is 15.0. The van der Waals surface area contributed by atoms with Crippen molar-refractivity contribution in [3.63, 3.8) is 0 Å². The Labute approximate surface area is 153 Å². The third kappa shape index (κ3) is 3.70. The number of halogens is 1. The van der Waals surface area contributed by atoms with E-state index in [0.717, 1.165) is 11.3 Å². The van der Waals surface area contributed by atoms with Gasteiger partial charge < -0.3 is 14.8 Å². The Morgan fingerprint density at radius 1 is 1.35 bits per heavy atom. The third-order valence-electron chi connectivity index (χ3n) is 4.18. The Bertz CT molecular complexity index is 853. The Kier molecular flexibility index (Phi) is 5.51. The number of piperidine rings is 1. The average Bonchev–Trinajstić information content (AvgIpc) is 3.00. The normalized spacial score (nSPS) is 17.0. The number of carbonyl (C=O) groups is 3. The van der Waals surface area contributed by atoms with Gasteiger partial charge in [-0.25, -0.2) is 9.18 Å². The number of thiophene rings is 1. The van der Waals surface area contributed by atoms with Crippen LogP contribution in [0.15, 0.2) is 18.2 Å². The lowest BCUT2D eigenvalue weighted by atomic mass is 9.99. The number of rotatable bonds is 5. The quantitative estimate of drug-likeness (QED) is 0.808. The monoisotopic (exact) mass is 379 g/mol. The summed E-state index contributed by atoms with van der Waals surface area (Å²) >= 11 is 1.11. The first-order valence-corrected chi connectivity index (χ1v) is 9.13. The lowest BCUT2D eigenvalue weighted by Gasteiger charge is -2.20. The molecule has 0 spiro atoms. The van der Waals surface area contributed by atoms with Crippen LogP contribution in [0.5, 0.6) is 0 Å². The van der Waals surface area contributed by atoms with Crippen LogP contribution in [0.3, 0.4) is 0 Å². The molecule has 1 amide bonds. The van der Waals surface area contributed by atoms with Gasteiger partial charge in [-0.05, 0) is 25.5 Å². The molecule has 3 rings (SSSR count). The Morgan fingerprint density at radius 2 is 2.15 bits per heavy atom. The van der Waals surface area contributed by atoms with E-state index in [1.165, 1.54) is 6.07 Å². The van der Waals surface area contributed by atoms with Gasteiger partial charge in [0.05, 0.1) is 12.5 Å². The van der Waals surface area contributed by atoms with E-state index in [2.05, 4.69) is 5.32 Å². The van der Waals surface area contributed by atoms with E-state index in [-0.39, 0.29) is 42.3 Å². The number of benzene rings is 1. The van der Waals surface area contributed by atoms with Gasteiger partial charge in [-0.3, -0.25) is 9.59 Å². The van der Waals surface area contributed by atoms with Gasteiger partial charge in [0.1, 0.15) is 17.3 Å². The standard InChI is InChI=1S/C18H18FNO5S/c1-2-24-18(23)16-11(15-12(19)4-3-5-13(15)26-16)9-25-17(22)10-6-7-14(21)20-8-10/h3-5,10H,2,6-9H2,1H3,(H,20,21)/t10-/m0/s1. The fourth-order valence-corrected chi connectivity index (χ4v) is 3.98. The molecule has 0 aliphatic carbocycles. The van der Waals surface area contributed by atoms with Crippen molar-refractivity contribution in [2.24, 2.45) is 5.92 Å². The molecule has 26 heavy (non-hydrogen) atoms. The number of hydrogen-bond acceptors (Lipinski definition) is 6. The summed E-state index contributed by atoms with van der Waals surface area (Å²) in [4.78, 5) is 35.9. The van der Waals surface area contributed by atoms with Crippen LogP contribution in [0.25, 0.3) is 10.1 Å². The molecule has 1 aliphatic rings. The Morgan fingerprint density at radius 3 is 2.85 bits per heavy atom. The summed E-state index contributed by atoms with van der Waals surface area (Å²) in [6.07, 6.45) is 0.679. The molecular weight excluding hydrogens is 361 g/mol. The van der Waals surface area contributed by atoms with Crippen LogP contribution < -0.4 is 5.32 Å². The zero-order chi connectivity index (χ0) is 18.7. The number of ether oxygens (including phenoxy) is 2. The zero-order valence-electron chi connectivity index (χ0n) is 14.2. The lowest BCUT2D eigenvalue weighted by Crippen LogP contribution is -2.39. The van der Waals surface area contributed by atoms with Gasteiger partial charge in [0.15, 0.2) is 0 Å². The Balaban J connectivity index is 1.83. The minimum atomic E-state index is -0.566. The van der Waals surface area contributed by atoms with Gasteiger partial charge >= 0.3 is 11.9 Å². The average molecular weight is 379 g/mol. The van der Waals surface area contributed by atoms with Gasteiger partial charge in [0, 0.05) is 28.6 Å². The van der Waals surface area contributed by atoms with Crippen molar-refractivity contribution >= 4 is 39.3 Å². The molecule has 1 saturated heterocycles. The van der Waals surface area contributed by atoms with Crippen LogP contribution in [-0.2, 0) is 25.7 Å². The summed E-state index contributed by atoms with van der Waals surface area (Å²) < 4.78 is 25.3. The minimum Gasteiger partial charge on any atom is -0.462 e. The van der Waals surface area contributed by atoms with Crippen molar-refractivity contribution in [2.75, 3.05) is 13.2 Å². The molecular formula is C18H18FNO5S. The fraction of sp³-hybridized carbons (Fsp3) is 0.389. The van der Waals surface area contributed by atoms with E-state index in [4.69, 9.17) is 9.47 Å². The molecule has 1 fully saturated rings. The van der Waals surface area contributed by atoms with Gasteiger partial charge in [-0.2, -0.15) is 0 Å². The van der Waals surface area contributed by atoms with E-state index in [9.17, 15) is 18.8 Å². The molecule has 1 aromatic carbocycles. The van der Waals surface area contributed by atoms with Crippen LogP contribution in [0, 0.1) is 11.7 Å². The number of carbonyl (C=O) groups excluding carboxylic acids is 3. The second-order valence-electron chi connectivity index (χ2n) is 5.89. The van der Waals surface area contributed by atoms with Gasteiger partial charge in [0.25, 0.3) is 0 Å². The lowest BCUT2D eigenvalue weighted by molar-refractivity contribution is -0.151. The van der Waals surface area contributed by atoms with Crippen molar-refractivity contribution in [1.29, 1.82) is 0 Å². The van der Waals surface area contributed by atoms with E-state index in [1.54, 1.807) is 19.1 Å². The Hall–Kier alpha value is -2.48. The van der Waals surface area contributed by atoms with Crippen molar-refractivity contribution in [1.82, 2.24) is 5.32 Å². The van der Waals surface area contributed by atoms with Crippen molar-refractivity contribution < 1.29 is 28.2 Å². The molecule has 8 heteroatoms. The maximum absolute atomic E-state index is 14.3. The van der Waals surface area contributed by atoms with Crippen LogP contribution in [0.2, 0.25) is 0 Å². The molecule has 2 heterocycles. The summed E-state index contributed by atoms with van der Waals surface area (Å²) in [7, 11) is 0. The first-order valence-electron chi connectivity index (χ1n) is 8.31. The fourth-order valence-electron chi connectivity index (χ4n) is 2.86. The predicted octanol–water partition coefficient (Wildman–Crippen LogP) is 2.79. The highest BCUT2D eigenvalue weighted by Crippen LogP contribution is 2.34. The number of amides is 1. The van der Waals surface area contributed by atoms with E-state index in [1.807, 2.05) is 0 Å². The number of esters is 2. The molecule has 0 unspecified atom stereocenters. The predicted molar refractivity (Wildman–Crippen MR) is 93.3 cm³/mol. The molecule has 1 aliphatic heterocycles. The highest BCUT2D eigenvalue weighted by molar-refractivity contribution is 7.21. The van der Waals surface area contributed by atoms with Gasteiger partial charge in [0.2, 0.25) is 5.91 Å². The maximum Gasteiger partial charge on any atom is 0.348 e. The SMILES string of the molecule is CCOC(=O)c1sc2cccc(F)c2c1COC(=O)[C@H]1CCC(=O)NC1. The van der Waals surface area contributed by atoms with Gasteiger partial charge in [-0.1, -0.05) is 6.07 Å². The second kappa shape index (κ2) is 7.82. The summed E-state index contributed by atoms with van der Waals surface area (Å²) in [6.45, 7) is 1.87. The molecule has 1 N–H and O–H groups in total. The molecule has 1 atom stereocenters. The topological polar surface area (TPSA) is 81.7 Å².